The van der Waals surface area contributed by atoms with Crippen LogP contribution in [-0.4, -0.2) is 16.3 Å². The quantitative estimate of drug-likeness (QED) is 0.561. The fraction of sp³-hybridized carbons (Fsp3) is 0.286. The number of rotatable bonds is 3. The summed E-state index contributed by atoms with van der Waals surface area (Å²) in [4.78, 5) is 3.24. The Hall–Kier alpha value is -2.41. The zero-order valence-corrected chi connectivity index (χ0v) is 16.2. The van der Waals surface area contributed by atoms with Gasteiger partial charge in [-0.05, 0) is 30.2 Å². The van der Waals surface area contributed by atoms with Crippen LogP contribution in [0, 0.1) is 0 Å². The number of anilines is 1. The third-order valence-electron chi connectivity index (χ3n) is 4.88. The van der Waals surface area contributed by atoms with Crippen LogP contribution in [0.15, 0.2) is 65.8 Å². The summed E-state index contributed by atoms with van der Waals surface area (Å²) in [5.74, 6) is 0. The highest BCUT2D eigenvalue weighted by atomic mass is 32.2. The van der Waals surface area contributed by atoms with Crippen LogP contribution in [0.4, 0.5) is 18.9 Å². The molecule has 0 aliphatic carbocycles. The molecule has 4 rings (SSSR count). The van der Waals surface area contributed by atoms with Crippen molar-refractivity contribution in [3.63, 3.8) is 0 Å². The number of aryl methyl sites for hydroxylation is 1. The molecular weight excluding hydrogens is 383 g/mol. The lowest BCUT2D eigenvalue weighted by Gasteiger charge is -2.24. The van der Waals surface area contributed by atoms with Gasteiger partial charge in [0.05, 0.1) is 17.4 Å². The van der Waals surface area contributed by atoms with Crippen LogP contribution in [0.25, 0.3) is 0 Å². The second kappa shape index (κ2) is 7.54. The molecule has 0 saturated heterocycles. The van der Waals surface area contributed by atoms with E-state index >= 15 is 0 Å². The minimum atomic E-state index is -4.35. The van der Waals surface area contributed by atoms with E-state index in [0.29, 0.717) is 25.1 Å². The number of thioether (sulfide) groups is 1. The Labute approximate surface area is 166 Å². The van der Waals surface area contributed by atoms with Crippen molar-refractivity contribution >= 4 is 17.4 Å². The van der Waals surface area contributed by atoms with Crippen molar-refractivity contribution < 1.29 is 13.2 Å². The molecule has 1 aliphatic heterocycles. The molecule has 3 nitrogen and oxygen atoms in total. The van der Waals surface area contributed by atoms with Crippen LogP contribution < -0.4 is 4.90 Å². The zero-order valence-electron chi connectivity index (χ0n) is 15.4. The number of benzene rings is 2. The fourth-order valence-electron chi connectivity index (χ4n) is 3.62. The summed E-state index contributed by atoms with van der Waals surface area (Å²) >= 11 is 1.52. The van der Waals surface area contributed by atoms with Gasteiger partial charge in [0.15, 0.2) is 0 Å². The molecule has 3 aromatic rings. The van der Waals surface area contributed by atoms with Crippen LogP contribution in [0.2, 0.25) is 0 Å². The van der Waals surface area contributed by atoms with Crippen molar-refractivity contribution in [2.24, 2.45) is 7.05 Å². The van der Waals surface area contributed by atoms with Crippen LogP contribution in [0.1, 0.15) is 28.4 Å². The van der Waals surface area contributed by atoms with E-state index in [9.17, 15) is 13.2 Å². The first-order valence-electron chi connectivity index (χ1n) is 9.06. The first-order chi connectivity index (χ1) is 13.4. The maximum atomic E-state index is 13.5. The minimum absolute atomic E-state index is 0.252. The van der Waals surface area contributed by atoms with E-state index < -0.39 is 11.7 Å². The number of hydrogen-bond donors (Lipinski definition) is 0. The third kappa shape index (κ3) is 3.90. The molecule has 0 amide bonds. The highest BCUT2D eigenvalue weighted by Gasteiger charge is 2.36. The predicted octanol–water partition coefficient (Wildman–Crippen LogP) is 5.68. The van der Waals surface area contributed by atoms with Gasteiger partial charge in [-0.2, -0.15) is 18.3 Å². The Morgan fingerprint density at radius 3 is 2.61 bits per heavy atom. The van der Waals surface area contributed by atoms with Gasteiger partial charge in [0.2, 0.25) is 0 Å². The fourth-order valence-corrected chi connectivity index (χ4v) is 4.95. The summed E-state index contributed by atoms with van der Waals surface area (Å²) in [6.45, 7) is 1.36. The van der Waals surface area contributed by atoms with Crippen molar-refractivity contribution in [1.82, 2.24) is 9.78 Å². The number of nitrogens with zero attached hydrogens (tertiary/aromatic N) is 3. The number of fused-ring (bicyclic) bond motifs is 1. The van der Waals surface area contributed by atoms with E-state index in [1.807, 2.05) is 43.7 Å². The molecule has 1 unspecified atom stereocenters. The number of aromatic nitrogens is 2. The summed E-state index contributed by atoms with van der Waals surface area (Å²) in [7, 11) is 1.87. The molecule has 28 heavy (non-hydrogen) atoms. The van der Waals surface area contributed by atoms with Gasteiger partial charge in [-0.1, -0.05) is 30.3 Å². The van der Waals surface area contributed by atoms with Gasteiger partial charge in [0.1, 0.15) is 0 Å². The standard InChI is InChI=1S/C21H20F3N3S/c1-26-13-15(12-25-26)14-27-11-10-19(28-20-9-5-4-8-18(20)27)16-6-2-3-7-17(16)21(22,23)24/h2-9,12-13,19H,10-11,14H2,1H3. The topological polar surface area (TPSA) is 21.1 Å². The molecule has 1 aliphatic rings. The average Bonchev–Trinajstić information content (AvgIpc) is 2.99. The van der Waals surface area contributed by atoms with Gasteiger partial charge in [-0.15, -0.1) is 11.8 Å². The molecule has 1 aromatic heterocycles. The van der Waals surface area contributed by atoms with Gasteiger partial charge in [-0.3, -0.25) is 4.68 Å². The lowest BCUT2D eigenvalue weighted by Crippen LogP contribution is -2.24. The van der Waals surface area contributed by atoms with Gasteiger partial charge in [0, 0.05) is 42.0 Å². The number of hydrogen-bond acceptors (Lipinski definition) is 3. The van der Waals surface area contributed by atoms with Crippen LogP contribution in [0.5, 0.6) is 0 Å². The highest BCUT2D eigenvalue weighted by molar-refractivity contribution is 7.99. The zero-order chi connectivity index (χ0) is 19.7. The largest absolute Gasteiger partial charge is 0.416 e. The van der Waals surface area contributed by atoms with Crippen molar-refractivity contribution in [3.05, 3.63) is 77.6 Å². The maximum absolute atomic E-state index is 13.5. The first kappa shape index (κ1) is 18.9. The molecule has 7 heteroatoms. The van der Waals surface area contributed by atoms with E-state index in [-0.39, 0.29) is 5.25 Å². The minimum Gasteiger partial charge on any atom is -0.366 e. The van der Waals surface area contributed by atoms with Crippen LogP contribution in [-0.2, 0) is 19.8 Å². The molecule has 146 valence electrons. The number of alkyl halides is 3. The summed E-state index contributed by atoms with van der Waals surface area (Å²) in [5.41, 5.74) is 1.96. The smallest absolute Gasteiger partial charge is 0.366 e. The first-order valence-corrected chi connectivity index (χ1v) is 9.94. The molecule has 0 fully saturated rings. The molecule has 2 heterocycles. The van der Waals surface area contributed by atoms with Crippen molar-refractivity contribution in [2.75, 3.05) is 11.4 Å². The molecule has 1 atom stereocenters. The molecule has 0 N–H and O–H groups in total. The second-order valence-electron chi connectivity index (χ2n) is 6.89. The Bertz CT molecular complexity index is 967. The molecule has 0 bridgehead atoms. The maximum Gasteiger partial charge on any atom is 0.416 e. The Morgan fingerprint density at radius 1 is 1.11 bits per heavy atom. The van der Waals surface area contributed by atoms with Crippen molar-refractivity contribution in [2.45, 2.75) is 29.3 Å². The number of halogens is 3. The second-order valence-corrected chi connectivity index (χ2v) is 8.14. The van der Waals surface area contributed by atoms with E-state index in [2.05, 4.69) is 10.00 Å². The molecule has 0 saturated carbocycles. The van der Waals surface area contributed by atoms with E-state index in [0.717, 1.165) is 16.1 Å². The van der Waals surface area contributed by atoms with Gasteiger partial charge in [-0.25, -0.2) is 0 Å². The van der Waals surface area contributed by atoms with Crippen molar-refractivity contribution in [3.8, 4) is 0 Å². The number of para-hydroxylation sites is 1. The van der Waals surface area contributed by atoms with E-state index in [4.69, 9.17) is 0 Å². The Morgan fingerprint density at radius 2 is 1.86 bits per heavy atom. The summed E-state index contributed by atoms with van der Waals surface area (Å²) in [6, 6.07) is 13.9. The lowest BCUT2D eigenvalue weighted by atomic mass is 10.0. The Kier molecular flexibility index (Phi) is 5.10. The van der Waals surface area contributed by atoms with Crippen LogP contribution >= 0.6 is 11.8 Å². The molecule has 2 aromatic carbocycles. The lowest BCUT2D eigenvalue weighted by molar-refractivity contribution is -0.138. The molecule has 0 spiro atoms. The predicted molar refractivity (Wildman–Crippen MR) is 105 cm³/mol. The van der Waals surface area contributed by atoms with E-state index in [1.54, 1.807) is 16.8 Å². The summed E-state index contributed by atoms with van der Waals surface area (Å²) in [5, 5.41) is 3.97. The Balaban J connectivity index is 1.68. The summed E-state index contributed by atoms with van der Waals surface area (Å²) < 4.78 is 42.4. The normalized spacial score (nSPS) is 17.3. The molecular formula is C21H20F3N3S. The van der Waals surface area contributed by atoms with Gasteiger partial charge in [0.25, 0.3) is 0 Å². The molecule has 0 radical (unpaired) electrons. The third-order valence-corrected chi connectivity index (χ3v) is 6.25. The van der Waals surface area contributed by atoms with Crippen LogP contribution in [0.3, 0.4) is 0 Å². The summed E-state index contributed by atoms with van der Waals surface area (Å²) in [6.07, 6.45) is 0.0826. The van der Waals surface area contributed by atoms with Gasteiger partial charge >= 0.3 is 6.18 Å². The highest BCUT2D eigenvalue weighted by Crippen LogP contribution is 2.48. The monoisotopic (exact) mass is 403 g/mol. The average molecular weight is 403 g/mol. The SMILES string of the molecule is Cn1cc(CN2CCC(c3ccccc3C(F)(F)F)Sc3ccccc32)cn1. The van der Waals surface area contributed by atoms with E-state index in [1.165, 1.54) is 23.9 Å². The van der Waals surface area contributed by atoms with Gasteiger partial charge < -0.3 is 4.90 Å². The van der Waals surface area contributed by atoms with Crippen molar-refractivity contribution in [1.29, 1.82) is 0 Å².